The van der Waals surface area contributed by atoms with E-state index in [1.807, 2.05) is 0 Å². The zero-order valence-electron chi connectivity index (χ0n) is 10.8. The summed E-state index contributed by atoms with van der Waals surface area (Å²) in [7, 11) is 0. The van der Waals surface area contributed by atoms with E-state index in [9.17, 15) is 18.0 Å². The summed E-state index contributed by atoms with van der Waals surface area (Å²) in [6.07, 6.45) is -3.95. The van der Waals surface area contributed by atoms with Crippen molar-refractivity contribution in [3.63, 3.8) is 0 Å². The summed E-state index contributed by atoms with van der Waals surface area (Å²) < 4.78 is 43.1. The molecule has 0 atom stereocenters. The molecule has 1 N–H and O–H groups in total. The summed E-state index contributed by atoms with van der Waals surface area (Å²) in [6.45, 7) is 1.51. The number of esters is 1. The van der Waals surface area contributed by atoms with Crippen molar-refractivity contribution in [2.75, 3.05) is 13.2 Å². The second-order valence-electron chi connectivity index (χ2n) is 4.19. The minimum absolute atomic E-state index is 0. The van der Waals surface area contributed by atoms with Gasteiger partial charge < -0.3 is 10.1 Å². The Morgan fingerprint density at radius 3 is 2.80 bits per heavy atom. The van der Waals surface area contributed by atoms with E-state index in [2.05, 4.69) is 10.4 Å². The minimum Gasteiger partial charge on any atom is -0.461 e. The van der Waals surface area contributed by atoms with Gasteiger partial charge in [-0.1, -0.05) is 0 Å². The van der Waals surface area contributed by atoms with Crippen molar-refractivity contribution in [1.82, 2.24) is 15.1 Å². The van der Waals surface area contributed by atoms with E-state index < -0.39 is 18.7 Å². The molecule has 2 heterocycles. The van der Waals surface area contributed by atoms with E-state index in [0.29, 0.717) is 30.8 Å². The molecule has 0 bridgehead atoms. The van der Waals surface area contributed by atoms with Crippen molar-refractivity contribution in [2.45, 2.75) is 32.6 Å². The third-order valence-corrected chi connectivity index (χ3v) is 2.80. The molecule has 9 heteroatoms. The number of nitrogens with zero attached hydrogens (tertiary/aromatic N) is 2. The van der Waals surface area contributed by atoms with Gasteiger partial charge in [0.15, 0.2) is 5.69 Å². The van der Waals surface area contributed by atoms with E-state index >= 15 is 0 Å². The van der Waals surface area contributed by atoms with Gasteiger partial charge >= 0.3 is 12.1 Å². The fourth-order valence-electron chi connectivity index (χ4n) is 2.08. The Morgan fingerprint density at radius 1 is 1.50 bits per heavy atom. The van der Waals surface area contributed by atoms with Gasteiger partial charge in [0.25, 0.3) is 0 Å². The molecule has 1 aliphatic heterocycles. The van der Waals surface area contributed by atoms with Crippen molar-refractivity contribution in [2.24, 2.45) is 0 Å². The SMILES string of the molecule is CCOC(=O)c1nn(CC(F)(F)F)c2c1CNCC2.Cl. The van der Waals surface area contributed by atoms with Crippen LogP contribution in [0.4, 0.5) is 13.2 Å². The zero-order valence-corrected chi connectivity index (χ0v) is 11.6. The Bertz CT molecular complexity index is 488. The minimum atomic E-state index is -4.36. The number of nitrogens with one attached hydrogen (secondary N) is 1. The molecule has 114 valence electrons. The van der Waals surface area contributed by atoms with Gasteiger partial charge in [-0.15, -0.1) is 12.4 Å². The van der Waals surface area contributed by atoms with Gasteiger partial charge in [-0.05, 0) is 6.92 Å². The van der Waals surface area contributed by atoms with Crippen LogP contribution in [0.5, 0.6) is 0 Å². The Balaban J connectivity index is 0.00000200. The van der Waals surface area contributed by atoms with E-state index in [4.69, 9.17) is 4.74 Å². The molecular weight excluding hydrogens is 299 g/mol. The Labute approximate surface area is 119 Å². The molecule has 0 saturated heterocycles. The standard InChI is InChI=1S/C11H14F3N3O2.ClH/c1-2-19-10(18)9-7-5-15-4-3-8(7)17(16-9)6-11(12,13)14;/h15H,2-6H2,1H3;1H. The smallest absolute Gasteiger partial charge is 0.408 e. The van der Waals surface area contributed by atoms with Crippen LogP contribution in [0.15, 0.2) is 0 Å². The highest BCUT2D eigenvalue weighted by molar-refractivity contribution is 5.89. The number of ether oxygens (including phenoxy) is 1. The van der Waals surface area contributed by atoms with Crippen molar-refractivity contribution in [1.29, 1.82) is 0 Å². The number of hydrogen-bond donors (Lipinski definition) is 1. The molecule has 0 radical (unpaired) electrons. The Hall–Kier alpha value is -1.28. The van der Waals surface area contributed by atoms with Crippen molar-refractivity contribution in [3.8, 4) is 0 Å². The number of aromatic nitrogens is 2. The first-order valence-electron chi connectivity index (χ1n) is 5.95. The average molecular weight is 314 g/mol. The third kappa shape index (κ3) is 3.63. The molecule has 2 rings (SSSR count). The second kappa shape index (κ2) is 6.45. The molecule has 0 aliphatic carbocycles. The summed E-state index contributed by atoms with van der Waals surface area (Å²) in [5.41, 5.74) is 0.946. The van der Waals surface area contributed by atoms with Crippen LogP contribution in [-0.2, 0) is 24.2 Å². The number of carbonyl (C=O) groups excluding carboxylic acids is 1. The number of fused-ring (bicyclic) bond motifs is 1. The summed E-state index contributed by atoms with van der Waals surface area (Å²) in [5.74, 6) is -0.677. The number of halogens is 4. The predicted octanol–water partition coefficient (Wildman–Crippen LogP) is 1.69. The summed E-state index contributed by atoms with van der Waals surface area (Å²) in [5, 5.41) is 6.79. The maximum Gasteiger partial charge on any atom is 0.408 e. The first-order valence-corrected chi connectivity index (χ1v) is 5.95. The lowest BCUT2D eigenvalue weighted by molar-refractivity contribution is -0.143. The average Bonchev–Trinajstić information content (AvgIpc) is 2.67. The maximum absolute atomic E-state index is 12.5. The quantitative estimate of drug-likeness (QED) is 0.863. The van der Waals surface area contributed by atoms with Crippen LogP contribution in [-0.4, -0.2) is 35.1 Å². The molecule has 0 amide bonds. The van der Waals surface area contributed by atoms with Crippen LogP contribution >= 0.6 is 12.4 Å². The number of hydrogen-bond acceptors (Lipinski definition) is 4. The molecular formula is C11H15ClF3N3O2. The highest BCUT2D eigenvalue weighted by atomic mass is 35.5. The van der Waals surface area contributed by atoms with E-state index in [-0.39, 0.29) is 24.7 Å². The van der Waals surface area contributed by atoms with Crippen LogP contribution in [0, 0.1) is 0 Å². The van der Waals surface area contributed by atoms with Crippen molar-refractivity contribution >= 4 is 18.4 Å². The van der Waals surface area contributed by atoms with Crippen LogP contribution in [0.3, 0.4) is 0 Å². The second-order valence-corrected chi connectivity index (χ2v) is 4.19. The maximum atomic E-state index is 12.5. The van der Waals surface area contributed by atoms with Gasteiger partial charge in [0, 0.05) is 30.8 Å². The van der Waals surface area contributed by atoms with Crippen molar-refractivity contribution < 1.29 is 22.7 Å². The summed E-state index contributed by atoms with van der Waals surface area (Å²) in [4.78, 5) is 11.7. The number of carbonyl (C=O) groups is 1. The molecule has 0 aromatic carbocycles. The summed E-state index contributed by atoms with van der Waals surface area (Å²) in [6, 6.07) is 0. The first-order chi connectivity index (χ1) is 8.92. The lowest BCUT2D eigenvalue weighted by atomic mass is 10.1. The van der Waals surface area contributed by atoms with E-state index in [1.165, 1.54) is 0 Å². The monoisotopic (exact) mass is 313 g/mol. The molecule has 5 nitrogen and oxygen atoms in total. The highest BCUT2D eigenvalue weighted by Gasteiger charge is 2.33. The normalized spacial score (nSPS) is 14.4. The fraction of sp³-hybridized carbons (Fsp3) is 0.636. The molecule has 0 saturated carbocycles. The van der Waals surface area contributed by atoms with E-state index in [1.54, 1.807) is 6.92 Å². The fourth-order valence-corrected chi connectivity index (χ4v) is 2.08. The molecule has 0 unspecified atom stereocenters. The van der Waals surface area contributed by atoms with Crippen molar-refractivity contribution in [3.05, 3.63) is 17.0 Å². The number of alkyl halides is 3. The first kappa shape index (κ1) is 16.8. The summed E-state index contributed by atoms with van der Waals surface area (Å²) >= 11 is 0. The van der Waals surface area contributed by atoms with Gasteiger partial charge in [0.05, 0.1) is 6.61 Å². The van der Waals surface area contributed by atoms with Crippen LogP contribution in [0.1, 0.15) is 28.7 Å². The zero-order chi connectivity index (χ0) is 14.0. The lowest BCUT2D eigenvalue weighted by Gasteiger charge is -2.16. The molecule has 0 fully saturated rings. The van der Waals surface area contributed by atoms with Gasteiger partial charge in [-0.2, -0.15) is 18.3 Å². The highest BCUT2D eigenvalue weighted by Crippen LogP contribution is 2.24. The lowest BCUT2D eigenvalue weighted by Crippen LogP contribution is -2.27. The largest absolute Gasteiger partial charge is 0.461 e. The van der Waals surface area contributed by atoms with Crippen LogP contribution < -0.4 is 5.32 Å². The molecule has 1 aromatic rings. The number of rotatable bonds is 3. The topological polar surface area (TPSA) is 56.1 Å². The molecule has 0 spiro atoms. The predicted molar refractivity (Wildman–Crippen MR) is 66.9 cm³/mol. The van der Waals surface area contributed by atoms with Gasteiger partial charge in [-0.3, -0.25) is 4.68 Å². The molecule has 20 heavy (non-hydrogen) atoms. The molecule has 1 aromatic heterocycles. The van der Waals surface area contributed by atoms with Gasteiger partial charge in [-0.25, -0.2) is 4.79 Å². The third-order valence-electron chi connectivity index (χ3n) is 2.80. The van der Waals surface area contributed by atoms with Crippen LogP contribution in [0.2, 0.25) is 0 Å². The van der Waals surface area contributed by atoms with E-state index in [0.717, 1.165) is 4.68 Å². The molecule has 1 aliphatic rings. The van der Waals surface area contributed by atoms with Gasteiger partial charge in [0.2, 0.25) is 0 Å². The Kier molecular flexibility index (Phi) is 5.41. The van der Waals surface area contributed by atoms with Crippen LogP contribution in [0.25, 0.3) is 0 Å². The Morgan fingerprint density at radius 2 is 2.20 bits per heavy atom. The van der Waals surface area contributed by atoms with Gasteiger partial charge in [0.1, 0.15) is 6.54 Å².